The van der Waals surface area contributed by atoms with E-state index in [0.29, 0.717) is 38.8 Å². The maximum atomic E-state index is 12.6. The van der Waals surface area contributed by atoms with Crippen LogP contribution in [0, 0.1) is 5.92 Å². The molecule has 6 nitrogen and oxygen atoms in total. The van der Waals surface area contributed by atoms with Gasteiger partial charge in [0.15, 0.2) is 0 Å². The molecule has 3 saturated heterocycles. The van der Waals surface area contributed by atoms with Gasteiger partial charge in [0, 0.05) is 31.8 Å². The average Bonchev–Trinajstić information content (AvgIpc) is 2.91. The molecule has 2 unspecified atom stereocenters. The number of ether oxygens (including phenoxy) is 1. The second-order valence-corrected chi connectivity index (χ2v) is 6.34. The summed E-state index contributed by atoms with van der Waals surface area (Å²) in [5.74, 6) is -0.0594. The number of hydrogen-bond acceptors (Lipinski definition) is 4. The first kappa shape index (κ1) is 14.4. The van der Waals surface area contributed by atoms with Gasteiger partial charge in [-0.2, -0.15) is 0 Å². The fourth-order valence-electron chi connectivity index (χ4n) is 3.81. The lowest BCUT2D eigenvalue weighted by Gasteiger charge is -2.40. The Morgan fingerprint density at radius 2 is 2.14 bits per heavy atom. The number of carbonyl (C=O) groups excluding carboxylic acids is 3. The summed E-state index contributed by atoms with van der Waals surface area (Å²) < 4.78 is 5.51. The lowest BCUT2D eigenvalue weighted by molar-refractivity contribution is -0.166. The van der Waals surface area contributed by atoms with Crippen molar-refractivity contribution in [2.24, 2.45) is 5.92 Å². The van der Waals surface area contributed by atoms with Crippen molar-refractivity contribution in [3.05, 3.63) is 0 Å². The highest BCUT2D eigenvalue weighted by atomic mass is 16.5. The minimum atomic E-state index is -0.716. The van der Waals surface area contributed by atoms with Gasteiger partial charge in [-0.15, -0.1) is 0 Å². The number of esters is 1. The van der Waals surface area contributed by atoms with Gasteiger partial charge in [0.05, 0.1) is 6.61 Å². The highest BCUT2D eigenvalue weighted by molar-refractivity contribution is 5.90. The van der Waals surface area contributed by atoms with Crippen LogP contribution in [0.3, 0.4) is 0 Å². The summed E-state index contributed by atoms with van der Waals surface area (Å²) in [6.45, 7) is 1.60. The number of rotatable bonds is 3. The van der Waals surface area contributed by atoms with Gasteiger partial charge in [-0.25, -0.2) is 4.79 Å². The molecule has 3 aliphatic heterocycles. The fourth-order valence-corrected chi connectivity index (χ4v) is 3.81. The highest BCUT2D eigenvalue weighted by Crippen LogP contribution is 2.39. The zero-order valence-electron chi connectivity index (χ0n) is 12.2. The monoisotopic (exact) mass is 294 g/mol. The molecule has 3 aliphatic rings. The normalized spacial score (nSPS) is 32.6. The molecule has 21 heavy (non-hydrogen) atoms. The minimum Gasteiger partial charge on any atom is -0.464 e. The van der Waals surface area contributed by atoms with E-state index >= 15 is 0 Å². The van der Waals surface area contributed by atoms with Crippen molar-refractivity contribution in [2.75, 3.05) is 19.7 Å². The number of fused-ring (bicyclic) bond motifs is 1. The Kier molecular flexibility index (Phi) is 3.87. The van der Waals surface area contributed by atoms with E-state index < -0.39 is 5.54 Å². The van der Waals surface area contributed by atoms with E-state index in [9.17, 15) is 14.4 Å². The van der Waals surface area contributed by atoms with Gasteiger partial charge in [0.25, 0.3) is 0 Å². The Bertz CT molecular complexity index is 465. The third-order valence-corrected chi connectivity index (χ3v) is 4.95. The lowest BCUT2D eigenvalue weighted by atomic mass is 9.86. The van der Waals surface area contributed by atoms with Crippen LogP contribution in [0.4, 0.5) is 0 Å². The summed E-state index contributed by atoms with van der Waals surface area (Å²) >= 11 is 0. The predicted molar refractivity (Wildman–Crippen MR) is 74.2 cm³/mol. The van der Waals surface area contributed by atoms with Crippen LogP contribution >= 0.6 is 0 Å². The molecule has 2 atom stereocenters. The summed E-state index contributed by atoms with van der Waals surface area (Å²) in [7, 11) is 0. The van der Waals surface area contributed by atoms with Crippen molar-refractivity contribution in [1.82, 2.24) is 10.2 Å². The van der Waals surface area contributed by atoms with Crippen LogP contribution in [0.25, 0.3) is 0 Å². The highest BCUT2D eigenvalue weighted by Gasteiger charge is 2.52. The topological polar surface area (TPSA) is 75.7 Å². The van der Waals surface area contributed by atoms with Crippen LogP contribution in [0.15, 0.2) is 0 Å². The number of piperidine rings is 2. The number of hydrogen-bond donors (Lipinski definition) is 1. The molecule has 116 valence electrons. The summed E-state index contributed by atoms with van der Waals surface area (Å²) in [5.41, 5.74) is -0.716. The lowest BCUT2D eigenvalue weighted by Crippen LogP contribution is -2.56. The van der Waals surface area contributed by atoms with Gasteiger partial charge < -0.3 is 15.0 Å². The van der Waals surface area contributed by atoms with E-state index in [4.69, 9.17) is 4.74 Å². The molecule has 3 fully saturated rings. The van der Waals surface area contributed by atoms with E-state index in [1.165, 1.54) is 0 Å². The largest absolute Gasteiger partial charge is 0.464 e. The van der Waals surface area contributed by atoms with Crippen LogP contribution < -0.4 is 5.32 Å². The van der Waals surface area contributed by atoms with Crippen LogP contribution in [0.1, 0.15) is 44.9 Å². The standard InChI is InChI=1S/C15H22N2O4/c18-12-9-11(4-7-16-12)10-21-14(20)15-5-1-3-13(19)17(15)8-2-6-15/h11H,1-10H2,(H,16,18). The van der Waals surface area contributed by atoms with Crippen molar-refractivity contribution in [3.8, 4) is 0 Å². The summed E-state index contributed by atoms with van der Waals surface area (Å²) in [4.78, 5) is 37.6. The molecule has 0 aromatic carbocycles. The summed E-state index contributed by atoms with van der Waals surface area (Å²) in [6, 6.07) is 0. The van der Waals surface area contributed by atoms with Crippen molar-refractivity contribution in [2.45, 2.75) is 50.5 Å². The van der Waals surface area contributed by atoms with Gasteiger partial charge in [-0.3, -0.25) is 9.59 Å². The van der Waals surface area contributed by atoms with Crippen molar-refractivity contribution < 1.29 is 19.1 Å². The minimum absolute atomic E-state index is 0.0239. The average molecular weight is 294 g/mol. The van der Waals surface area contributed by atoms with E-state index in [-0.39, 0.29) is 30.3 Å². The molecular weight excluding hydrogens is 272 g/mol. The van der Waals surface area contributed by atoms with Crippen LogP contribution in [0.2, 0.25) is 0 Å². The first-order valence-corrected chi connectivity index (χ1v) is 7.86. The smallest absolute Gasteiger partial charge is 0.332 e. The van der Waals surface area contributed by atoms with Gasteiger partial charge in [0.1, 0.15) is 5.54 Å². The van der Waals surface area contributed by atoms with Crippen LogP contribution in [-0.2, 0) is 19.1 Å². The number of nitrogens with one attached hydrogen (secondary N) is 1. The molecule has 0 aliphatic carbocycles. The van der Waals surface area contributed by atoms with Gasteiger partial charge in [-0.05, 0) is 32.1 Å². The van der Waals surface area contributed by atoms with E-state index in [1.807, 2.05) is 0 Å². The maximum Gasteiger partial charge on any atom is 0.332 e. The van der Waals surface area contributed by atoms with E-state index in [1.54, 1.807) is 4.90 Å². The molecule has 2 amide bonds. The van der Waals surface area contributed by atoms with E-state index in [0.717, 1.165) is 19.3 Å². The Hall–Kier alpha value is -1.59. The number of nitrogens with zero attached hydrogens (tertiary/aromatic N) is 1. The van der Waals surface area contributed by atoms with Crippen molar-refractivity contribution in [1.29, 1.82) is 0 Å². The Morgan fingerprint density at radius 3 is 2.95 bits per heavy atom. The van der Waals surface area contributed by atoms with Crippen LogP contribution in [-0.4, -0.2) is 47.9 Å². The van der Waals surface area contributed by atoms with Crippen molar-refractivity contribution >= 4 is 17.8 Å². The Labute approximate surface area is 124 Å². The molecule has 0 aromatic rings. The Balaban J connectivity index is 1.61. The number of amides is 2. The predicted octanol–water partition coefficient (Wildman–Crippen LogP) is 0.601. The second kappa shape index (κ2) is 5.66. The van der Waals surface area contributed by atoms with Gasteiger partial charge >= 0.3 is 5.97 Å². The molecule has 6 heteroatoms. The fraction of sp³-hybridized carbons (Fsp3) is 0.800. The van der Waals surface area contributed by atoms with Crippen molar-refractivity contribution in [3.63, 3.8) is 0 Å². The SMILES string of the molecule is O=C1CC(COC(=O)C23CCCC(=O)N2CCC3)CCN1. The van der Waals surface area contributed by atoms with Crippen LogP contribution in [0.5, 0.6) is 0 Å². The molecular formula is C15H22N2O4. The molecule has 3 rings (SSSR count). The number of carbonyl (C=O) groups is 3. The van der Waals surface area contributed by atoms with Gasteiger partial charge in [0.2, 0.25) is 11.8 Å². The second-order valence-electron chi connectivity index (χ2n) is 6.34. The zero-order chi connectivity index (χ0) is 14.9. The molecule has 0 bridgehead atoms. The summed E-state index contributed by atoms with van der Waals surface area (Å²) in [5, 5.41) is 2.77. The molecule has 0 saturated carbocycles. The quantitative estimate of drug-likeness (QED) is 0.773. The first-order valence-electron chi connectivity index (χ1n) is 7.86. The van der Waals surface area contributed by atoms with Gasteiger partial charge in [-0.1, -0.05) is 0 Å². The first-order chi connectivity index (χ1) is 10.1. The zero-order valence-corrected chi connectivity index (χ0v) is 12.2. The molecule has 1 N–H and O–H groups in total. The molecule has 3 heterocycles. The third-order valence-electron chi connectivity index (χ3n) is 4.95. The molecule has 0 aromatic heterocycles. The van der Waals surface area contributed by atoms with E-state index in [2.05, 4.69) is 5.32 Å². The molecule has 0 spiro atoms. The Morgan fingerprint density at radius 1 is 1.33 bits per heavy atom. The summed E-state index contributed by atoms with van der Waals surface area (Å²) in [6.07, 6.45) is 4.85. The molecule has 0 radical (unpaired) electrons. The third kappa shape index (κ3) is 2.63. The maximum absolute atomic E-state index is 12.6.